The van der Waals surface area contributed by atoms with Crippen molar-refractivity contribution in [3.63, 3.8) is 0 Å². The Morgan fingerprint density at radius 2 is 2.25 bits per heavy atom. The summed E-state index contributed by atoms with van der Waals surface area (Å²) in [6, 6.07) is -0.753. The molecular weight excluding hydrogens is 227 g/mol. The molecule has 1 rings (SSSR count). The third kappa shape index (κ3) is 3.14. The molecule has 4 atom stereocenters. The topological polar surface area (TPSA) is 47.9 Å². The minimum atomic E-state index is -0.878. The minimum Gasteiger partial charge on any atom is -0.388 e. The fourth-order valence-electron chi connectivity index (χ4n) is 1.79. The van der Waals surface area contributed by atoms with Crippen LogP contribution in [0.4, 0.5) is 0 Å². The lowest BCUT2D eigenvalue weighted by molar-refractivity contribution is -0.0933. The molecule has 1 saturated heterocycles. The van der Waals surface area contributed by atoms with Crippen molar-refractivity contribution in [2.45, 2.75) is 50.5 Å². The van der Waals surface area contributed by atoms with Gasteiger partial charge in [-0.25, -0.2) is 0 Å². The Kier molecular flexibility index (Phi) is 5.60. The fourth-order valence-corrected chi connectivity index (χ4v) is 2.14. The molecule has 2 radical (unpaired) electrons. The zero-order valence-electron chi connectivity index (χ0n) is 9.76. The second-order valence-corrected chi connectivity index (χ2v) is 4.53. The SMILES string of the molecule is [B][C@@H]1O[C@](C)(COCCCC)C(OS)[C@@H]1O. The van der Waals surface area contributed by atoms with Crippen molar-refractivity contribution in [2.24, 2.45) is 0 Å². The molecule has 92 valence electrons. The van der Waals surface area contributed by atoms with Gasteiger partial charge in [0.1, 0.15) is 25.7 Å². The molecule has 4 nitrogen and oxygen atoms in total. The Morgan fingerprint density at radius 1 is 1.56 bits per heavy atom. The van der Waals surface area contributed by atoms with E-state index in [1.54, 1.807) is 6.92 Å². The Hall–Kier alpha value is 0.255. The van der Waals surface area contributed by atoms with Gasteiger partial charge in [0.15, 0.2) is 0 Å². The van der Waals surface area contributed by atoms with Crippen molar-refractivity contribution in [3.05, 3.63) is 0 Å². The van der Waals surface area contributed by atoms with E-state index in [1.165, 1.54) is 0 Å². The molecule has 0 spiro atoms. The van der Waals surface area contributed by atoms with Crippen LogP contribution in [0.5, 0.6) is 0 Å². The van der Waals surface area contributed by atoms with Gasteiger partial charge < -0.3 is 18.8 Å². The van der Waals surface area contributed by atoms with Crippen molar-refractivity contribution in [2.75, 3.05) is 13.2 Å². The first-order valence-electron chi connectivity index (χ1n) is 5.54. The largest absolute Gasteiger partial charge is 0.388 e. The van der Waals surface area contributed by atoms with Crippen LogP contribution in [0.25, 0.3) is 0 Å². The molecular formula is C10H19BO4S. The third-order valence-electron chi connectivity index (χ3n) is 2.80. The lowest BCUT2D eigenvalue weighted by Gasteiger charge is -2.29. The fraction of sp³-hybridized carbons (Fsp3) is 1.00. The number of aliphatic hydroxyl groups is 1. The zero-order chi connectivity index (χ0) is 12.2. The summed E-state index contributed by atoms with van der Waals surface area (Å²) in [6.45, 7) is 4.90. The van der Waals surface area contributed by atoms with Crippen LogP contribution in [0.15, 0.2) is 0 Å². The van der Waals surface area contributed by atoms with Gasteiger partial charge >= 0.3 is 0 Å². The summed E-state index contributed by atoms with van der Waals surface area (Å²) in [4.78, 5) is 0. The molecule has 1 fully saturated rings. The van der Waals surface area contributed by atoms with Gasteiger partial charge in [-0.3, -0.25) is 0 Å². The molecule has 0 bridgehead atoms. The summed E-state index contributed by atoms with van der Waals surface area (Å²) in [7, 11) is 5.61. The maximum atomic E-state index is 9.72. The zero-order valence-corrected chi connectivity index (χ0v) is 10.7. The highest BCUT2D eigenvalue weighted by Crippen LogP contribution is 2.33. The van der Waals surface area contributed by atoms with Crippen LogP contribution >= 0.6 is 12.9 Å². The lowest BCUT2D eigenvalue weighted by Crippen LogP contribution is -2.45. The summed E-state index contributed by atoms with van der Waals surface area (Å²) in [6.07, 6.45) is 0.619. The van der Waals surface area contributed by atoms with E-state index >= 15 is 0 Å². The second-order valence-electron chi connectivity index (χ2n) is 4.32. The number of rotatable bonds is 6. The third-order valence-corrected chi connectivity index (χ3v) is 3.03. The maximum absolute atomic E-state index is 9.72. The quantitative estimate of drug-likeness (QED) is 0.313. The van der Waals surface area contributed by atoms with E-state index in [1.807, 2.05) is 0 Å². The Balaban J connectivity index is 2.48. The Morgan fingerprint density at radius 3 is 2.81 bits per heavy atom. The molecule has 1 aliphatic heterocycles. The highest BCUT2D eigenvalue weighted by molar-refractivity contribution is 7.75. The van der Waals surface area contributed by atoms with Crippen molar-refractivity contribution in [1.29, 1.82) is 0 Å². The summed E-state index contributed by atoms with van der Waals surface area (Å²) < 4.78 is 15.9. The molecule has 0 aromatic heterocycles. The lowest BCUT2D eigenvalue weighted by atomic mass is 9.90. The van der Waals surface area contributed by atoms with Gasteiger partial charge in [0, 0.05) is 12.6 Å². The highest BCUT2D eigenvalue weighted by atomic mass is 32.1. The van der Waals surface area contributed by atoms with Crippen LogP contribution in [-0.4, -0.2) is 50.0 Å². The monoisotopic (exact) mass is 246 g/mol. The number of hydrogen-bond donors (Lipinski definition) is 2. The van der Waals surface area contributed by atoms with Gasteiger partial charge in [-0.2, -0.15) is 0 Å². The molecule has 1 aliphatic rings. The van der Waals surface area contributed by atoms with Gasteiger partial charge in [0.25, 0.3) is 0 Å². The smallest absolute Gasteiger partial charge is 0.130 e. The summed E-state index contributed by atoms with van der Waals surface area (Å²) in [5, 5.41) is 9.72. The summed E-state index contributed by atoms with van der Waals surface area (Å²) >= 11 is 3.74. The van der Waals surface area contributed by atoms with Gasteiger partial charge in [0.2, 0.25) is 0 Å². The van der Waals surface area contributed by atoms with E-state index < -0.39 is 23.8 Å². The number of thiol groups is 1. The summed E-state index contributed by atoms with van der Waals surface area (Å²) in [5.74, 6) is 0. The van der Waals surface area contributed by atoms with E-state index in [2.05, 4.69) is 19.8 Å². The molecule has 6 heteroatoms. The number of unbranched alkanes of at least 4 members (excludes halogenated alkanes) is 1. The van der Waals surface area contributed by atoms with E-state index in [0.717, 1.165) is 12.8 Å². The van der Waals surface area contributed by atoms with Crippen molar-refractivity contribution in [1.82, 2.24) is 0 Å². The summed E-state index contributed by atoms with van der Waals surface area (Å²) in [5.41, 5.74) is -0.742. The molecule has 0 aromatic carbocycles. The number of aliphatic hydroxyl groups excluding tert-OH is 1. The van der Waals surface area contributed by atoms with Crippen LogP contribution in [0, 0.1) is 0 Å². The maximum Gasteiger partial charge on any atom is 0.130 e. The first-order valence-corrected chi connectivity index (χ1v) is 5.91. The Labute approximate surface area is 104 Å². The molecule has 0 saturated carbocycles. The predicted octanol–water partition coefficient (Wildman–Crippen LogP) is 0.677. The second kappa shape index (κ2) is 6.26. The van der Waals surface area contributed by atoms with Crippen LogP contribution in [0.1, 0.15) is 26.7 Å². The normalized spacial score (nSPS) is 39.1. The van der Waals surface area contributed by atoms with Crippen molar-refractivity contribution in [3.8, 4) is 0 Å². The van der Waals surface area contributed by atoms with Crippen LogP contribution in [0.2, 0.25) is 0 Å². The van der Waals surface area contributed by atoms with Gasteiger partial charge in [-0.1, -0.05) is 13.3 Å². The van der Waals surface area contributed by atoms with Crippen molar-refractivity contribution < 1.29 is 18.8 Å². The van der Waals surface area contributed by atoms with Gasteiger partial charge in [-0.15, -0.1) is 0 Å². The predicted molar refractivity (Wildman–Crippen MR) is 64.6 cm³/mol. The molecule has 1 unspecified atom stereocenters. The molecule has 0 aliphatic carbocycles. The van der Waals surface area contributed by atoms with Crippen molar-refractivity contribution >= 4 is 20.8 Å². The highest BCUT2D eigenvalue weighted by Gasteiger charge is 2.50. The standard InChI is InChI=1S/C10H19BO4S/c1-3-4-5-13-6-10(2)8(15-16)7(12)9(11)14-10/h7-9,12,16H,3-6H2,1-2H3/t7-,8?,9+,10+/m0/s1. The molecule has 1 N–H and O–H groups in total. The molecule has 16 heavy (non-hydrogen) atoms. The Bertz CT molecular complexity index is 219. The first-order chi connectivity index (χ1) is 7.55. The van der Waals surface area contributed by atoms with Crippen LogP contribution in [-0.2, 0) is 13.7 Å². The van der Waals surface area contributed by atoms with E-state index in [9.17, 15) is 5.11 Å². The molecule has 1 heterocycles. The van der Waals surface area contributed by atoms with E-state index in [4.69, 9.17) is 21.5 Å². The van der Waals surface area contributed by atoms with Gasteiger partial charge in [0.05, 0.1) is 6.61 Å². The average Bonchev–Trinajstić information content (AvgIpc) is 2.45. The van der Waals surface area contributed by atoms with Gasteiger partial charge in [-0.05, 0) is 26.3 Å². The molecule has 0 aromatic rings. The average molecular weight is 246 g/mol. The van der Waals surface area contributed by atoms with E-state index in [-0.39, 0.29) is 0 Å². The first kappa shape index (κ1) is 14.3. The number of hydrogen-bond acceptors (Lipinski definition) is 5. The van der Waals surface area contributed by atoms with E-state index in [0.29, 0.717) is 13.2 Å². The van der Waals surface area contributed by atoms with Crippen LogP contribution < -0.4 is 0 Å². The van der Waals surface area contributed by atoms with Crippen LogP contribution in [0.3, 0.4) is 0 Å². The molecule has 0 amide bonds. The minimum absolute atomic E-state index is 0.336. The number of ether oxygens (including phenoxy) is 2.